The zero-order valence-electron chi connectivity index (χ0n) is 10.9. The minimum atomic E-state index is -0.537. The molecule has 2 rings (SSSR count). The Morgan fingerprint density at radius 3 is 2.60 bits per heavy atom. The maximum Gasteiger partial charge on any atom is 0.257 e. The summed E-state index contributed by atoms with van der Waals surface area (Å²) in [6.07, 6.45) is 2.91. The molecule has 1 aromatic heterocycles. The molecule has 2 N–H and O–H groups in total. The smallest absolute Gasteiger partial charge is 0.257 e. The number of aromatic nitrogens is 2. The van der Waals surface area contributed by atoms with Crippen molar-refractivity contribution < 1.29 is 14.3 Å². The molecule has 0 fully saturated rings. The first-order chi connectivity index (χ1) is 9.54. The number of carbonyl (C=O) groups is 1. The number of primary amides is 1. The lowest BCUT2D eigenvalue weighted by Gasteiger charge is -2.14. The lowest BCUT2D eigenvalue weighted by molar-refractivity contribution is 0.0999. The van der Waals surface area contributed by atoms with Crippen LogP contribution >= 0.6 is 11.6 Å². The molecule has 0 radical (unpaired) electrons. The van der Waals surface area contributed by atoms with Gasteiger partial charge in [-0.2, -0.15) is 0 Å². The van der Waals surface area contributed by atoms with E-state index in [9.17, 15) is 4.79 Å². The average molecular weight is 294 g/mol. The zero-order chi connectivity index (χ0) is 14.7. The van der Waals surface area contributed by atoms with Crippen LogP contribution in [-0.2, 0) is 0 Å². The van der Waals surface area contributed by atoms with Crippen LogP contribution in [0.3, 0.4) is 0 Å². The molecule has 0 spiro atoms. The molecule has 0 atom stereocenters. The molecular weight excluding hydrogens is 282 g/mol. The number of nitrogens with zero attached hydrogens (tertiary/aromatic N) is 2. The number of rotatable bonds is 4. The minimum absolute atomic E-state index is 0.131. The molecule has 1 amide bonds. The molecule has 0 aliphatic heterocycles. The number of halogens is 1. The Labute approximate surface area is 120 Å². The Kier molecular flexibility index (Phi) is 4.05. The fourth-order valence-corrected chi connectivity index (χ4v) is 1.89. The van der Waals surface area contributed by atoms with E-state index in [0.29, 0.717) is 22.6 Å². The third kappa shape index (κ3) is 2.65. The molecule has 6 nitrogen and oxygen atoms in total. The number of benzene rings is 1. The summed E-state index contributed by atoms with van der Waals surface area (Å²) in [7, 11) is 1.47. The van der Waals surface area contributed by atoms with Crippen molar-refractivity contribution in [1.82, 2.24) is 9.97 Å². The van der Waals surface area contributed by atoms with Crippen LogP contribution in [0, 0.1) is 6.92 Å². The maximum atomic E-state index is 11.3. The van der Waals surface area contributed by atoms with Gasteiger partial charge in [0.05, 0.1) is 7.11 Å². The highest BCUT2D eigenvalue weighted by Gasteiger charge is 2.16. The monoisotopic (exact) mass is 293 g/mol. The number of hydrogen-bond donors (Lipinski definition) is 1. The third-order valence-electron chi connectivity index (χ3n) is 2.67. The zero-order valence-corrected chi connectivity index (χ0v) is 11.6. The van der Waals surface area contributed by atoms with E-state index in [4.69, 9.17) is 26.8 Å². The summed E-state index contributed by atoms with van der Waals surface area (Å²) in [6.45, 7) is 1.71. The Morgan fingerprint density at radius 2 is 2.00 bits per heavy atom. The van der Waals surface area contributed by atoms with Crippen LogP contribution in [0.1, 0.15) is 15.9 Å². The van der Waals surface area contributed by atoms with Crippen LogP contribution in [0.25, 0.3) is 0 Å². The lowest BCUT2D eigenvalue weighted by Crippen LogP contribution is -2.13. The van der Waals surface area contributed by atoms with E-state index >= 15 is 0 Å². The van der Waals surface area contributed by atoms with Gasteiger partial charge in [-0.25, -0.2) is 9.97 Å². The summed E-state index contributed by atoms with van der Waals surface area (Å²) in [6, 6.07) is 3.12. The van der Waals surface area contributed by atoms with Crippen LogP contribution < -0.4 is 15.2 Å². The van der Waals surface area contributed by atoms with Crippen molar-refractivity contribution in [2.75, 3.05) is 7.11 Å². The summed E-state index contributed by atoms with van der Waals surface area (Å²) in [5.74, 6) is 0.379. The van der Waals surface area contributed by atoms with Crippen molar-refractivity contribution in [3.05, 3.63) is 40.8 Å². The molecule has 0 unspecified atom stereocenters. The second-order valence-electron chi connectivity index (χ2n) is 3.89. The van der Waals surface area contributed by atoms with Crippen LogP contribution in [0.15, 0.2) is 24.5 Å². The predicted octanol–water partition coefficient (Wildman–Crippen LogP) is 2.34. The standard InChI is InChI=1S/C13H12ClN3O3/c1-7-8(12(15)18)3-4-9(10(7)19-2)20-13-11(14)16-5-6-17-13/h3-6H,1-2H3,(H2,15,18). The molecular formula is C13H12ClN3O3. The number of nitrogens with two attached hydrogens (primary N) is 1. The van der Waals surface area contributed by atoms with E-state index in [0.717, 1.165) is 0 Å². The van der Waals surface area contributed by atoms with Gasteiger partial charge >= 0.3 is 0 Å². The van der Waals surface area contributed by atoms with Crippen molar-refractivity contribution in [3.8, 4) is 17.4 Å². The molecule has 0 aliphatic rings. The number of carbonyl (C=O) groups excluding carboxylic acids is 1. The highest BCUT2D eigenvalue weighted by atomic mass is 35.5. The maximum absolute atomic E-state index is 11.3. The Bertz CT molecular complexity index is 661. The third-order valence-corrected chi connectivity index (χ3v) is 2.93. The van der Waals surface area contributed by atoms with Crippen molar-refractivity contribution in [3.63, 3.8) is 0 Å². The first-order valence-corrected chi connectivity index (χ1v) is 6.04. The quantitative estimate of drug-likeness (QED) is 0.935. The molecule has 0 aliphatic carbocycles. The summed E-state index contributed by atoms with van der Waals surface area (Å²) >= 11 is 5.88. The largest absolute Gasteiger partial charge is 0.493 e. The fraction of sp³-hybridized carbons (Fsp3) is 0.154. The lowest BCUT2D eigenvalue weighted by atomic mass is 10.1. The van der Waals surface area contributed by atoms with Gasteiger partial charge in [-0.05, 0) is 19.1 Å². The molecule has 0 bridgehead atoms. The van der Waals surface area contributed by atoms with E-state index < -0.39 is 5.91 Å². The normalized spacial score (nSPS) is 10.2. The summed E-state index contributed by atoms with van der Waals surface area (Å²) < 4.78 is 10.8. The molecule has 0 saturated carbocycles. The van der Waals surface area contributed by atoms with Crippen LogP contribution in [-0.4, -0.2) is 23.0 Å². The SMILES string of the molecule is COc1c(Oc2nccnc2Cl)ccc(C(N)=O)c1C. The van der Waals surface area contributed by atoms with Gasteiger partial charge in [0.1, 0.15) is 0 Å². The Balaban J connectivity index is 2.45. The van der Waals surface area contributed by atoms with Gasteiger partial charge in [0, 0.05) is 23.5 Å². The number of ether oxygens (including phenoxy) is 2. The molecule has 20 heavy (non-hydrogen) atoms. The second-order valence-corrected chi connectivity index (χ2v) is 4.25. The first-order valence-electron chi connectivity index (χ1n) is 5.66. The van der Waals surface area contributed by atoms with Crippen LogP contribution in [0.4, 0.5) is 0 Å². The average Bonchev–Trinajstić information content (AvgIpc) is 2.41. The van der Waals surface area contributed by atoms with E-state index in [-0.39, 0.29) is 11.0 Å². The highest BCUT2D eigenvalue weighted by molar-refractivity contribution is 6.30. The molecule has 1 aromatic carbocycles. The van der Waals surface area contributed by atoms with Crippen LogP contribution in [0.5, 0.6) is 17.4 Å². The minimum Gasteiger partial charge on any atom is -0.493 e. The summed E-state index contributed by atoms with van der Waals surface area (Å²) in [4.78, 5) is 19.1. The molecule has 7 heteroatoms. The topological polar surface area (TPSA) is 87.3 Å². The van der Waals surface area contributed by atoms with E-state index in [1.54, 1.807) is 19.1 Å². The molecule has 2 aromatic rings. The predicted molar refractivity (Wildman–Crippen MR) is 73.4 cm³/mol. The highest BCUT2D eigenvalue weighted by Crippen LogP contribution is 2.36. The summed E-state index contributed by atoms with van der Waals surface area (Å²) in [5.41, 5.74) is 6.23. The van der Waals surface area contributed by atoms with E-state index in [1.807, 2.05) is 0 Å². The van der Waals surface area contributed by atoms with Gasteiger partial charge in [-0.1, -0.05) is 11.6 Å². The van der Waals surface area contributed by atoms with Gasteiger partial charge in [-0.3, -0.25) is 4.79 Å². The van der Waals surface area contributed by atoms with Gasteiger partial charge in [0.2, 0.25) is 5.91 Å². The van der Waals surface area contributed by atoms with Crippen molar-refractivity contribution in [1.29, 1.82) is 0 Å². The Morgan fingerprint density at radius 1 is 1.30 bits per heavy atom. The number of hydrogen-bond acceptors (Lipinski definition) is 5. The van der Waals surface area contributed by atoms with Gasteiger partial charge in [0.15, 0.2) is 16.7 Å². The van der Waals surface area contributed by atoms with Crippen molar-refractivity contribution in [2.45, 2.75) is 6.92 Å². The Hall–Kier alpha value is -2.34. The number of amides is 1. The molecule has 1 heterocycles. The second kappa shape index (κ2) is 5.75. The molecule has 104 valence electrons. The first kappa shape index (κ1) is 14.1. The van der Waals surface area contributed by atoms with Gasteiger partial charge in [0.25, 0.3) is 5.88 Å². The van der Waals surface area contributed by atoms with Gasteiger partial charge in [-0.15, -0.1) is 0 Å². The van der Waals surface area contributed by atoms with Crippen LogP contribution in [0.2, 0.25) is 5.15 Å². The molecule has 0 saturated heterocycles. The van der Waals surface area contributed by atoms with E-state index in [2.05, 4.69) is 9.97 Å². The fourth-order valence-electron chi connectivity index (χ4n) is 1.75. The van der Waals surface area contributed by atoms with E-state index in [1.165, 1.54) is 19.5 Å². The van der Waals surface area contributed by atoms with Crippen molar-refractivity contribution in [2.24, 2.45) is 5.73 Å². The van der Waals surface area contributed by atoms with Gasteiger partial charge < -0.3 is 15.2 Å². The summed E-state index contributed by atoms with van der Waals surface area (Å²) in [5, 5.41) is 0.131. The number of methoxy groups -OCH3 is 1. The van der Waals surface area contributed by atoms with Crippen molar-refractivity contribution >= 4 is 17.5 Å².